The third kappa shape index (κ3) is 1.45. The number of amides is 2. The van der Waals surface area contributed by atoms with Crippen molar-refractivity contribution in [1.29, 1.82) is 0 Å². The van der Waals surface area contributed by atoms with Gasteiger partial charge in [-0.3, -0.25) is 14.5 Å². The summed E-state index contributed by atoms with van der Waals surface area (Å²) in [6, 6.07) is -0.442. The smallest absolute Gasteiger partial charge is 0.230 e. The second-order valence-corrected chi connectivity index (χ2v) is 3.21. The molecule has 4 nitrogen and oxygen atoms in total. The molecule has 0 saturated carbocycles. The maximum Gasteiger partial charge on any atom is 0.230 e. The van der Waals surface area contributed by atoms with Crippen molar-refractivity contribution in [1.82, 2.24) is 4.90 Å². The molecular formula is C7H10N2O2S. The van der Waals surface area contributed by atoms with Crippen LogP contribution in [0.3, 0.4) is 0 Å². The third-order valence-corrected chi connectivity index (χ3v) is 2.23. The monoisotopic (exact) mass is 186 g/mol. The number of nitrogens with zero attached hydrogens (tertiary/aromatic N) is 1. The number of hydrogen-bond donors (Lipinski definition) is 1. The van der Waals surface area contributed by atoms with Gasteiger partial charge in [0.15, 0.2) is 0 Å². The third-order valence-electron chi connectivity index (χ3n) is 1.89. The van der Waals surface area contributed by atoms with Crippen molar-refractivity contribution in [2.45, 2.75) is 25.8 Å². The topological polar surface area (TPSA) is 63.4 Å². The van der Waals surface area contributed by atoms with Gasteiger partial charge >= 0.3 is 0 Å². The van der Waals surface area contributed by atoms with Crippen LogP contribution in [0.4, 0.5) is 0 Å². The Morgan fingerprint density at radius 2 is 1.92 bits per heavy atom. The summed E-state index contributed by atoms with van der Waals surface area (Å²) in [5, 5.41) is 0. The summed E-state index contributed by atoms with van der Waals surface area (Å²) in [6.07, 6.45) is 0.567. The van der Waals surface area contributed by atoms with Gasteiger partial charge in [-0.2, -0.15) is 0 Å². The van der Waals surface area contributed by atoms with Crippen molar-refractivity contribution >= 4 is 29.0 Å². The van der Waals surface area contributed by atoms with E-state index in [0.717, 1.165) is 4.90 Å². The van der Waals surface area contributed by atoms with Gasteiger partial charge in [0.25, 0.3) is 0 Å². The summed E-state index contributed by atoms with van der Waals surface area (Å²) in [7, 11) is 0. The van der Waals surface area contributed by atoms with Gasteiger partial charge in [-0.15, -0.1) is 0 Å². The van der Waals surface area contributed by atoms with E-state index >= 15 is 0 Å². The van der Waals surface area contributed by atoms with Crippen LogP contribution in [0.5, 0.6) is 0 Å². The molecule has 1 rings (SSSR count). The van der Waals surface area contributed by atoms with Gasteiger partial charge in [-0.1, -0.05) is 12.2 Å². The van der Waals surface area contributed by atoms with Crippen LogP contribution < -0.4 is 5.73 Å². The van der Waals surface area contributed by atoms with Crippen molar-refractivity contribution in [3.63, 3.8) is 0 Å². The molecule has 0 spiro atoms. The van der Waals surface area contributed by atoms with E-state index in [0.29, 0.717) is 0 Å². The van der Waals surface area contributed by atoms with Gasteiger partial charge in [0.05, 0.1) is 11.0 Å². The molecule has 1 unspecified atom stereocenters. The number of thiocarbonyl (C=S) groups is 1. The van der Waals surface area contributed by atoms with Crippen molar-refractivity contribution in [2.75, 3.05) is 0 Å². The first-order valence-electron chi connectivity index (χ1n) is 3.68. The van der Waals surface area contributed by atoms with Crippen LogP contribution in [-0.4, -0.2) is 27.7 Å². The highest BCUT2D eigenvalue weighted by molar-refractivity contribution is 7.80. The standard InChI is InChI=1S/C7H10N2O2S/c1-4(7(8)12)9-5(10)2-3-6(9)11/h4H,2-3H2,1H3,(H2,8,12). The summed E-state index contributed by atoms with van der Waals surface area (Å²) in [4.78, 5) is 23.6. The zero-order valence-electron chi connectivity index (χ0n) is 6.74. The summed E-state index contributed by atoms with van der Waals surface area (Å²) in [5.74, 6) is -0.361. The fraction of sp³-hybridized carbons (Fsp3) is 0.571. The van der Waals surface area contributed by atoms with Crippen LogP contribution in [0.2, 0.25) is 0 Å². The molecule has 2 amide bonds. The molecule has 1 aliphatic rings. The number of nitrogens with two attached hydrogens (primary N) is 1. The summed E-state index contributed by atoms with van der Waals surface area (Å²) in [6.45, 7) is 1.66. The van der Waals surface area contributed by atoms with E-state index in [4.69, 9.17) is 18.0 Å². The van der Waals surface area contributed by atoms with Gasteiger partial charge in [-0.05, 0) is 6.92 Å². The van der Waals surface area contributed by atoms with Gasteiger partial charge in [0.1, 0.15) is 0 Å². The predicted octanol–water partition coefficient (Wildman–Crippen LogP) is -0.190. The number of hydrogen-bond acceptors (Lipinski definition) is 3. The van der Waals surface area contributed by atoms with Crippen molar-refractivity contribution in [2.24, 2.45) is 5.73 Å². The molecule has 0 aliphatic carbocycles. The van der Waals surface area contributed by atoms with Gasteiger partial charge in [0, 0.05) is 12.8 Å². The maximum absolute atomic E-state index is 11.1. The zero-order chi connectivity index (χ0) is 9.30. The molecule has 2 N–H and O–H groups in total. The van der Waals surface area contributed by atoms with E-state index in [1.54, 1.807) is 6.92 Å². The number of carbonyl (C=O) groups excluding carboxylic acids is 2. The van der Waals surface area contributed by atoms with E-state index in [-0.39, 0.29) is 29.6 Å². The van der Waals surface area contributed by atoms with Crippen molar-refractivity contribution in [3.8, 4) is 0 Å². The molecule has 66 valence electrons. The average molecular weight is 186 g/mol. The van der Waals surface area contributed by atoms with Crippen LogP contribution in [0.15, 0.2) is 0 Å². The summed E-state index contributed by atoms with van der Waals surface area (Å²) in [5.41, 5.74) is 5.33. The predicted molar refractivity (Wildman–Crippen MR) is 47.3 cm³/mol. The second kappa shape index (κ2) is 3.18. The minimum Gasteiger partial charge on any atom is -0.392 e. The van der Waals surface area contributed by atoms with Crippen LogP contribution in [0, 0.1) is 0 Å². The lowest BCUT2D eigenvalue weighted by molar-refractivity contribution is -0.139. The average Bonchev–Trinajstić information content (AvgIpc) is 2.30. The minimum atomic E-state index is -0.442. The summed E-state index contributed by atoms with van der Waals surface area (Å²) >= 11 is 4.69. The highest BCUT2D eigenvalue weighted by atomic mass is 32.1. The second-order valence-electron chi connectivity index (χ2n) is 2.74. The molecule has 0 radical (unpaired) electrons. The molecular weight excluding hydrogens is 176 g/mol. The molecule has 0 aromatic carbocycles. The Hall–Kier alpha value is -0.970. The quantitative estimate of drug-likeness (QED) is 0.479. The number of imide groups is 1. The zero-order valence-corrected chi connectivity index (χ0v) is 7.56. The Kier molecular flexibility index (Phi) is 2.42. The first-order valence-corrected chi connectivity index (χ1v) is 4.09. The van der Waals surface area contributed by atoms with Crippen LogP contribution in [-0.2, 0) is 9.59 Å². The molecule has 1 saturated heterocycles. The van der Waals surface area contributed by atoms with Gasteiger partial charge in [0.2, 0.25) is 11.8 Å². The van der Waals surface area contributed by atoms with E-state index in [1.807, 2.05) is 0 Å². The number of carbonyl (C=O) groups is 2. The molecule has 1 fully saturated rings. The van der Waals surface area contributed by atoms with Gasteiger partial charge in [-0.25, -0.2) is 0 Å². The van der Waals surface area contributed by atoms with Crippen molar-refractivity contribution in [3.05, 3.63) is 0 Å². The van der Waals surface area contributed by atoms with E-state index in [9.17, 15) is 9.59 Å². The maximum atomic E-state index is 11.1. The molecule has 0 aromatic rings. The Morgan fingerprint density at radius 3 is 2.25 bits per heavy atom. The normalized spacial score (nSPS) is 19.9. The molecule has 0 aromatic heterocycles. The number of rotatable bonds is 2. The van der Waals surface area contributed by atoms with E-state index < -0.39 is 6.04 Å². The summed E-state index contributed by atoms with van der Waals surface area (Å²) < 4.78 is 0. The van der Waals surface area contributed by atoms with Crippen LogP contribution in [0.1, 0.15) is 19.8 Å². The Bertz CT molecular complexity index is 236. The van der Waals surface area contributed by atoms with E-state index in [2.05, 4.69) is 0 Å². The molecule has 1 heterocycles. The Labute approximate surface area is 75.7 Å². The fourth-order valence-corrected chi connectivity index (χ4v) is 1.26. The van der Waals surface area contributed by atoms with Crippen molar-refractivity contribution < 1.29 is 9.59 Å². The SMILES string of the molecule is CC(C(N)=S)N1C(=O)CCC1=O. The first kappa shape index (κ1) is 9.12. The Balaban J connectivity index is 2.79. The molecule has 12 heavy (non-hydrogen) atoms. The molecule has 1 atom stereocenters. The van der Waals surface area contributed by atoms with Crippen LogP contribution in [0.25, 0.3) is 0 Å². The minimum absolute atomic E-state index is 0.179. The fourth-order valence-electron chi connectivity index (χ4n) is 1.15. The Morgan fingerprint density at radius 1 is 1.50 bits per heavy atom. The lowest BCUT2D eigenvalue weighted by atomic mass is 10.3. The molecule has 0 bridgehead atoms. The number of likely N-dealkylation sites (tertiary alicyclic amines) is 1. The lowest BCUT2D eigenvalue weighted by Crippen LogP contribution is -2.44. The molecule has 1 aliphatic heterocycles. The highest BCUT2D eigenvalue weighted by Gasteiger charge is 2.33. The first-order chi connectivity index (χ1) is 5.54. The van der Waals surface area contributed by atoms with Gasteiger partial charge < -0.3 is 5.73 Å². The largest absolute Gasteiger partial charge is 0.392 e. The van der Waals surface area contributed by atoms with E-state index in [1.165, 1.54) is 0 Å². The lowest BCUT2D eigenvalue weighted by Gasteiger charge is -2.20. The molecule has 5 heteroatoms. The van der Waals surface area contributed by atoms with Crippen LogP contribution >= 0.6 is 12.2 Å². The highest BCUT2D eigenvalue weighted by Crippen LogP contribution is 2.15.